The first-order valence-electron chi connectivity index (χ1n) is 4.71. The maximum atomic E-state index is 11.8. The van der Waals surface area contributed by atoms with Gasteiger partial charge in [-0.25, -0.2) is 0 Å². The molecule has 1 N–H and O–H groups in total. The van der Waals surface area contributed by atoms with Crippen LogP contribution in [0.1, 0.15) is 23.7 Å². The zero-order chi connectivity index (χ0) is 11.3. The van der Waals surface area contributed by atoms with Crippen LogP contribution in [0, 0.1) is 2.88 Å². The molecule has 0 aliphatic heterocycles. The summed E-state index contributed by atoms with van der Waals surface area (Å²) in [5.41, 5.74) is 0.781. The summed E-state index contributed by atoms with van der Waals surface area (Å²) in [5, 5.41) is 4.95. The second-order valence-corrected chi connectivity index (χ2v) is 6.89. The molecule has 0 saturated heterocycles. The highest BCUT2D eigenvalue weighted by atomic mass is 127. The summed E-state index contributed by atoms with van der Waals surface area (Å²) in [4.78, 5) is 11.8. The fourth-order valence-corrected chi connectivity index (χ4v) is 3.21. The van der Waals surface area contributed by atoms with E-state index in [4.69, 9.17) is 0 Å². The van der Waals surface area contributed by atoms with E-state index in [9.17, 15) is 4.79 Å². The number of hydrogen-bond donors (Lipinski definition) is 1. The number of halogens is 1. The second kappa shape index (κ2) is 6.75. The van der Waals surface area contributed by atoms with E-state index < -0.39 is 0 Å². The standard InChI is InChI=1S/C10H14INOS2/c1-3-8(6-14-2)12-10(13)7-4-9(11)15-5-7/h4-5,8H,3,6H2,1-2H3,(H,12,13). The lowest BCUT2D eigenvalue weighted by atomic mass is 10.2. The fourth-order valence-electron chi connectivity index (χ4n) is 1.16. The van der Waals surface area contributed by atoms with Gasteiger partial charge in [0, 0.05) is 17.2 Å². The fraction of sp³-hybridized carbons (Fsp3) is 0.500. The number of carbonyl (C=O) groups is 1. The first-order chi connectivity index (χ1) is 7.17. The zero-order valence-corrected chi connectivity index (χ0v) is 12.5. The molecule has 1 aromatic rings. The number of rotatable bonds is 5. The summed E-state index contributed by atoms with van der Waals surface area (Å²) in [6.45, 7) is 2.10. The van der Waals surface area contributed by atoms with Crippen molar-refractivity contribution in [2.75, 3.05) is 12.0 Å². The summed E-state index contributed by atoms with van der Waals surface area (Å²) in [6.07, 6.45) is 3.04. The van der Waals surface area contributed by atoms with Crippen LogP contribution in [-0.2, 0) is 0 Å². The van der Waals surface area contributed by atoms with Crippen molar-refractivity contribution in [3.05, 3.63) is 19.9 Å². The van der Waals surface area contributed by atoms with Crippen LogP contribution in [0.5, 0.6) is 0 Å². The van der Waals surface area contributed by atoms with Crippen LogP contribution in [-0.4, -0.2) is 24.0 Å². The van der Waals surface area contributed by atoms with Gasteiger partial charge in [0.25, 0.3) is 5.91 Å². The molecule has 1 amide bonds. The number of nitrogens with one attached hydrogen (secondary N) is 1. The Bertz CT molecular complexity index is 327. The molecule has 84 valence electrons. The zero-order valence-electron chi connectivity index (χ0n) is 8.75. The second-order valence-electron chi connectivity index (χ2n) is 3.17. The summed E-state index contributed by atoms with van der Waals surface area (Å²) in [5.74, 6) is 1.03. The SMILES string of the molecule is CCC(CSC)NC(=O)c1csc(I)c1. The molecular formula is C10H14INOS2. The molecule has 15 heavy (non-hydrogen) atoms. The minimum absolute atomic E-state index is 0.0510. The quantitative estimate of drug-likeness (QED) is 0.822. The first kappa shape index (κ1) is 13.3. The largest absolute Gasteiger partial charge is 0.348 e. The molecular weight excluding hydrogens is 341 g/mol. The van der Waals surface area contributed by atoms with Gasteiger partial charge in [-0.05, 0) is 41.3 Å². The third-order valence-electron chi connectivity index (χ3n) is 2.03. The Hall–Kier alpha value is 0.250. The van der Waals surface area contributed by atoms with E-state index in [-0.39, 0.29) is 11.9 Å². The molecule has 1 unspecified atom stereocenters. The van der Waals surface area contributed by atoms with Crippen LogP contribution in [0.2, 0.25) is 0 Å². The van der Waals surface area contributed by atoms with Gasteiger partial charge in [0.15, 0.2) is 0 Å². The van der Waals surface area contributed by atoms with Crippen LogP contribution in [0.15, 0.2) is 11.4 Å². The van der Waals surface area contributed by atoms with E-state index in [0.29, 0.717) is 0 Å². The molecule has 1 heterocycles. The Morgan fingerprint density at radius 3 is 2.93 bits per heavy atom. The van der Waals surface area contributed by atoms with Gasteiger partial charge in [-0.2, -0.15) is 11.8 Å². The first-order valence-corrected chi connectivity index (χ1v) is 8.06. The Kier molecular flexibility index (Phi) is 5.99. The summed E-state index contributed by atoms with van der Waals surface area (Å²) in [6, 6.07) is 2.21. The molecule has 1 aromatic heterocycles. The molecule has 0 radical (unpaired) electrons. The highest BCUT2D eigenvalue weighted by Gasteiger charge is 2.12. The minimum Gasteiger partial charge on any atom is -0.348 e. The van der Waals surface area contributed by atoms with Crippen molar-refractivity contribution >= 4 is 51.6 Å². The summed E-state index contributed by atoms with van der Waals surface area (Å²) in [7, 11) is 0. The topological polar surface area (TPSA) is 29.1 Å². The van der Waals surface area contributed by atoms with Crippen LogP contribution < -0.4 is 5.32 Å². The van der Waals surface area contributed by atoms with Crippen LogP contribution in [0.25, 0.3) is 0 Å². The lowest BCUT2D eigenvalue weighted by Gasteiger charge is -2.14. The molecule has 2 nitrogen and oxygen atoms in total. The smallest absolute Gasteiger partial charge is 0.252 e. The lowest BCUT2D eigenvalue weighted by Crippen LogP contribution is -2.35. The van der Waals surface area contributed by atoms with E-state index in [0.717, 1.165) is 20.6 Å². The minimum atomic E-state index is 0.0510. The van der Waals surface area contributed by atoms with Crippen molar-refractivity contribution in [3.8, 4) is 0 Å². The highest BCUT2D eigenvalue weighted by molar-refractivity contribution is 14.1. The molecule has 0 aliphatic carbocycles. The number of thioether (sulfide) groups is 1. The van der Waals surface area contributed by atoms with Crippen molar-refractivity contribution in [2.45, 2.75) is 19.4 Å². The Labute approximate surface area is 112 Å². The molecule has 5 heteroatoms. The number of hydrogen-bond acceptors (Lipinski definition) is 3. The average molecular weight is 355 g/mol. The van der Waals surface area contributed by atoms with Gasteiger partial charge in [-0.1, -0.05) is 6.92 Å². The molecule has 0 fully saturated rings. The Morgan fingerprint density at radius 2 is 2.47 bits per heavy atom. The van der Waals surface area contributed by atoms with E-state index >= 15 is 0 Å². The number of thiophene rings is 1. The monoisotopic (exact) mass is 355 g/mol. The van der Waals surface area contributed by atoms with Crippen molar-refractivity contribution in [1.29, 1.82) is 0 Å². The molecule has 0 aromatic carbocycles. The van der Waals surface area contributed by atoms with Crippen LogP contribution in [0.4, 0.5) is 0 Å². The van der Waals surface area contributed by atoms with Gasteiger partial charge in [-0.3, -0.25) is 4.79 Å². The Morgan fingerprint density at radius 1 is 1.73 bits per heavy atom. The average Bonchev–Trinajstić information content (AvgIpc) is 2.64. The predicted molar refractivity (Wildman–Crippen MR) is 77.0 cm³/mol. The predicted octanol–water partition coefficient (Wildman–Crippen LogP) is 3.22. The van der Waals surface area contributed by atoms with E-state index in [1.165, 1.54) is 0 Å². The van der Waals surface area contributed by atoms with E-state index in [1.54, 1.807) is 23.1 Å². The summed E-state index contributed by atoms with van der Waals surface area (Å²) < 4.78 is 1.15. The van der Waals surface area contributed by atoms with Gasteiger partial charge in [0.1, 0.15) is 0 Å². The number of amides is 1. The molecule has 1 rings (SSSR count). The molecule has 0 bridgehead atoms. The molecule has 0 aliphatic rings. The van der Waals surface area contributed by atoms with Crippen LogP contribution >= 0.6 is 45.7 Å². The molecule has 0 saturated carbocycles. The van der Waals surface area contributed by atoms with Gasteiger partial charge >= 0.3 is 0 Å². The summed E-state index contributed by atoms with van der Waals surface area (Å²) >= 11 is 5.59. The van der Waals surface area contributed by atoms with Gasteiger partial charge < -0.3 is 5.32 Å². The van der Waals surface area contributed by atoms with Crippen molar-refractivity contribution in [2.24, 2.45) is 0 Å². The molecule has 0 spiro atoms. The third kappa shape index (κ3) is 4.32. The van der Waals surface area contributed by atoms with Gasteiger partial charge in [-0.15, -0.1) is 11.3 Å². The van der Waals surface area contributed by atoms with Crippen molar-refractivity contribution < 1.29 is 4.79 Å². The maximum absolute atomic E-state index is 11.8. The third-order valence-corrected chi connectivity index (χ3v) is 4.55. The van der Waals surface area contributed by atoms with Crippen molar-refractivity contribution in [1.82, 2.24) is 5.32 Å². The van der Waals surface area contributed by atoms with Gasteiger partial charge in [0.05, 0.1) is 8.45 Å². The Balaban J connectivity index is 2.54. The normalized spacial score (nSPS) is 12.5. The number of carbonyl (C=O) groups excluding carboxylic acids is 1. The van der Waals surface area contributed by atoms with Crippen molar-refractivity contribution in [3.63, 3.8) is 0 Å². The lowest BCUT2D eigenvalue weighted by molar-refractivity contribution is 0.0940. The van der Waals surface area contributed by atoms with E-state index in [1.807, 2.05) is 11.4 Å². The van der Waals surface area contributed by atoms with Gasteiger partial charge in [0.2, 0.25) is 0 Å². The maximum Gasteiger partial charge on any atom is 0.252 e. The van der Waals surface area contributed by atoms with E-state index in [2.05, 4.69) is 41.1 Å². The molecule has 1 atom stereocenters. The highest BCUT2D eigenvalue weighted by Crippen LogP contribution is 2.16. The van der Waals surface area contributed by atoms with Crippen LogP contribution in [0.3, 0.4) is 0 Å².